The Morgan fingerprint density at radius 3 is 1.88 bits per heavy atom. The van der Waals surface area contributed by atoms with Crippen LogP contribution in [0.15, 0.2) is 0 Å². The van der Waals surface area contributed by atoms with E-state index in [1.807, 2.05) is 0 Å². The molecule has 0 unspecified atom stereocenters. The minimum Gasteiger partial charge on any atom is -0.222 e. The van der Waals surface area contributed by atoms with Crippen molar-refractivity contribution in [1.29, 1.82) is 0 Å². The quantitative estimate of drug-likeness (QED) is 0.523. The molecule has 1 aliphatic rings. The number of hydrogen-bond acceptors (Lipinski definition) is 5. The van der Waals surface area contributed by atoms with Crippen LogP contribution in [-0.4, -0.2) is 18.6 Å². The second kappa shape index (κ2) is 7.71. The molecular formula is C9H19ClO5S. The molecule has 2 atom stereocenters. The fraction of sp³-hybridized carbons (Fsp3) is 1.00. The highest BCUT2D eigenvalue weighted by atomic mass is 35.7. The minimum absolute atomic E-state index is 0.166. The summed E-state index contributed by atoms with van der Waals surface area (Å²) in [5.74, 6) is 0.790. The average molecular weight is 275 g/mol. The molecule has 1 fully saturated rings. The predicted molar refractivity (Wildman–Crippen MR) is 51.7 cm³/mol. The lowest BCUT2D eigenvalue weighted by molar-refractivity contribution is -2.00. The Morgan fingerprint density at radius 1 is 1.06 bits per heavy atom. The summed E-state index contributed by atoms with van der Waals surface area (Å²) >= 11 is 0.166. The Bertz CT molecular complexity index is 179. The van der Waals surface area contributed by atoms with E-state index in [4.69, 9.17) is 22.8 Å². The van der Waals surface area contributed by atoms with Crippen LogP contribution in [0.4, 0.5) is 0 Å². The molecule has 7 heteroatoms. The van der Waals surface area contributed by atoms with Gasteiger partial charge < -0.3 is 0 Å². The van der Waals surface area contributed by atoms with Crippen molar-refractivity contribution in [2.45, 2.75) is 38.7 Å². The Labute approximate surface area is 102 Å². The maximum atomic E-state index is 8.49. The van der Waals surface area contributed by atoms with E-state index < -0.39 is 10.2 Å². The van der Waals surface area contributed by atoms with Gasteiger partial charge >= 0.3 is 0 Å². The highest BCUT2D eigenvalue weighted by molar-refractivity contribution is 7.90. The van der Waals surface area contributed by atoms with Gasteiger partial charge in [0.25, 0.3) is 0 Å². The van der Waals surface area contributed by atoms with Gasteiger partial charge in [0.1, 0.15) is 29.8 Å². The van der Waals surface area contributed by atoms with Crippen LogP contribution in [0.2, 0.25) is 0 Å². The fourth-order valence-electron chi connectivity index (χ4n) is 1.67. The summed E-state index contributed by atoms with van der Waals surface area (Å²) in [6, 6.07) is 0. The lowest BCUT2D eigenvalue weighted by Crippen LogP contribution is -2.68. The Balaban J connectivity index is 0.000000385. The SMILES string of the molecule is C[C@H]1CCCC[C@@H]1O[S+](C)C.[O-][Cl+3]([O-])([O-])[O-]. The van der Waals surface area contributed by atoms with Gasteiger partial charge in [-0.15, -0.1) is 10.2 Å². The zero-order chi connectivity index (χ0) is 12.8. The van der Waals surface area contributed by atoms with Gasteiger partial charge in [-0.25, -0.2) is 18.6 Å². The molecule has 16 heavy (non-hydrogen) atoms. The minimum atomic E-state index is -4.94. The van der Waals surface area contributed by atoms with Crippen molar-refractivity contribution in [3.05, 3.63) is 0 Å². The summed E-state index contributed by atoms with van der Waals surface area (Å²) in [5.41, 5.74) is 0. The topological polar surface area (TPSA) is 101 Å². The van der Waals surface area contributed by atoms with E-state index in [-0.39, 0.29) is 11.2 Å². The standard InChI is InChI=1S/C9H19OS.ClHO4/c1-8-6-4-5-7-9(8)10-11(2)3;2-1(3,4)5/h8-9H,4-7H2,1-3H3;(H,2,3,4,5)/q+1;/p-1/t8-,9-;/m0./s1. The van der Waals surface area contributed by atoms with Crippen molar-refractivity contribution in [3.8, 4) is 0 Å². The van der Waals surface area contributed by atoms with E-state index in [2.05, 4.69) is 19.4 Å². The second-order valence-electron chi connectivity index (χ2n) is 4.02. The maximum Gasteiger partial charge on any atom is 0.141 e. The van der Waals surface area contributed by atoms with Gasteiger partial charge in [-0.1, -0.05) is 19.8 Å². The van der Waals surface area contributed by atoms with Crippen molar-refractivity contribution in [2.75, 3.05) is 12.5 Å². The van der Waals surface area contributed by atoms with Crippen LogP contribution in [0.5, 0.6) is 0 Å². The van der Waals surface area contributed by atoms with Crippen molar-refractivity contribution < 1.29 is 33.1 Å². The van der Waals surface area contributed by atoms with Crippen molar-refractivity contribution in [1.82, 2.24) is 0 Å². The van der Waals surface area contributed by atoms with Crippen molar-refractivity contribution in [2.24, 2.45) is 5.92 Å². The zero-order valence-corrected chi connectivity index (χ0v) is 11.4. The highest BCUT2D eigenvalue weighted by Gasteiger charge is 2.26. The molecule has 1 rings (SSSR count). The second-order valence-corrected chi connectivity index (χ2v) is 6.45. The summed E-state index contributed by atoms with van der Waals surface area (Å²) in [6.07, 6.45) is 10.3. The average Bonchev–Trinajstić information content (AvgIpc) is 2.05. The van der Waals surface area contributed by atoms with Crippen LogP contribution >= 0.6 is 0 Å². The van der Waals surface area contributed by atoms with E-state index in [0.717, 1.165) is 5.92 Å². The molecule has 1 aliphatic carbocycles. The largest absolute Gasteiger partial charge is 0.222 e. The van der Waals surface area contributed by atoms with Crippen LogP contribution in [-0.2, 0) is 15.4 Å². The molecule has 0 aromatic carbocycles. The molecule has 0 heterocycles. The van der Waals surface area contributed by atoms with E-state index in [1.54, 1.807) is 0 Å². The van der Waals surface area contributed by atoms with Crippen LogP contribution in [0.25, 0.3) is 0 Å². The predicted octanol–water partition coefficient (Wildman–Crippen LogP) is -2.38. The lowest BCUT2D eigenvalue weighted by atomic mass is 9.88. The molecule has 0 aromatic rings. The van der Waals surface area contributed by atoms with E-state index >= 15 is 0 Å². The summed E-state index contributed by atoms with van der Waals surface area (Å²) < 4.78 is 39.8. The monoisotopic (exact) mass is 274 g/mol. The van der Waals surface area contributed by atoms with Gasteiger partial charge in [0.15, 0.2) is 0 Å². The van der Waals surface area contributed by atoms with Gasteiger partial charge in [0, 0.05) is 0 Å². The van der Waals surface area contributed by atoms with Gasteiger partial charge in [-0.3, -0.25) is 0 Å². The van der Waals surface area contributed by atoms with Crippen molar-refractivity contribution in [3.63, 3.8) is 0 Å². The van der Waals surface area contributed by atoms with Crippen LogP contribution < -0.4 is 18.6 Å². The first kappa shape index (κ1) is 16.4. The number of halogens is 1. The molecule has 5 nitrogen and oxygen atoms in total. The summed E-state index contributed by atoms with van der Waals surface area (Å²) in [5, 5.41) is 0. The maximum absolute atomic E-state index is 8.49. The van der Waals surface area contributed by atoms with Crippen LogP contribution in [0.3, 0.4) is 0 Å². The molecule has 0 aliphatic heterocycles. The molecule has 0 aromatic heterocycles. The van der Waals surface area contributed by atoms with E-state index in [0.29, 0.717) is 6.10 Å². The van der Waals surface area contributed by atoms with Gasteiger partial charge in [-0.05, 0) is 18.8 Å². The highest BCUT2D eigenvalue weighted by Crippen LogP contribution is 2.27. The molecule has 1 saturated carbocycles. The third-order valence-electron chi connectivity index (χ3n) is 2.35. The van der Waals surface area contributed by atoms with Crippen molar-refractivity contribution >= 4 is 11.2 Å². The van der Waals surface area contributed by atoms with E-state index in [1.165, 1.54) is 25.7 Å². The third kappa shape index (κ3) is 10.9. The molecular weight excluding hydrogens is 256 g/mol. The van der Waals surface area contributed by atoms with Crippen LogP contribution in [0.1, 0.15) is 32.6 Å². The third-order valence-corrected chi connectivity index (χ3v) is 2.98. The first-order valence-corrected chi connectivity index (χ1v) is 8.26. The molecule has 0 saturated heterocycles. The van der Waals surface area contributed by atoms with Crippen LogP contribution in [0, 0.1) is 16.2 Å². The molecule has 0 bridgehead atoms. The molecule has 0 spiro atoms. The zero-order valence-electron chi connectivity index (χ0n) is 9.81. The smallest absolute Gasteiger partial charge is 0.141 e. The summed E-state index contributed by atoms with van der Waals surface area (Å²) in [7, 11) is -4.94. The Kier molecular flexibility index (Phi) is 7.92. The van der Waals surface area contributed by atoms with E-state index in [9.17, 15) is 0 Å². The van der Waals surface area contributed by atoms with Gasteiger partial charge in [0.05, 0.1) is 0 Å². The number of hydrogen-bond donors (Lipinski definition) is 0. The lowest BCUT2D eigenvalue weighted by Gasteiger charge is -2.25. The summed E-state index contributed by atoms with van der Waals surface area (Å²) in [6.45, 7) is 2.32. The number of rotatable bonds is 2. The molecule has 98 valence electrons. The van der Waals surface area contributed by atoms with Gasteiger partial charge in [0.2, 0.25) is 0 Å². The van der Waals surface area contributed by atoms with Gasteiger partial charge in [-0.2, -0.15) is 4.18 Å². The molecule has 0 radical (unpaired) electrons. The molecule has 0 N–H and O–H groups in total. The Hall–Kier alpha value is 0.440. The first-order chi connectivity index (χ1) is 7.20. The normalized spacial score (nSPS) is 26.2. The fourth-order valence-corrected chi connectivity index (χ4v) is 2.45. The molecule has 0 amide bonds. The Morgan fingerprint density at radius 2 is 1.50 bits per heavy atom. The summed E-state index contributed by atoms with van der Waals surface area (Å²) in [4.78, 5) is 0. The first-order valence-electron chi connectivity index (χ1n) is 5.06.